The maximum Gasteiger partial charge on any atom is 0.159 e. The summed E-state index contributed by atoms with van der Waals surface area (Å²) in [6.45, 7) is 6.94. The fourth-order valence-electron chi connectivity index (χ4n) is 2.24. The smallest absolute Gasteiger partial charge is 0.159 e. The Balaban J connectivity index is 1.98. The van der Waals surface area contributed by atoms with Gasteiger partial charge in [-0.15, -0.1) is 0 Å². The standard InChI is InChI=1S/C14H23N3O/c1-3-7-15-9-12-10-16-13(17-11-12)14(2)6-4-5-8-18-14/h10-11,15H,3-9H2,1-2H3. The molecule has 1 aromatic heterocycles. The minimum Gasteiger partial charge on any atom is -0.367 e. The van der Waals surface area contributed by atoms with E-state index in [0.717, 1.165) is 50.3 Å². The van der Waals surface area contributed by atoms with Crippen molar-refractivity contribution in [2.45, 2.75) is 51.7 Å². The summed E-state index contributed by atoms with van der Waals surface area (Å²) in [6, 6.07) is 0. The van der Waals surface area contributed by atoms with Crippen molar-refractivity contribution in [1.29, 1.82) is 0 Å². The summed E-state index contributed by atoms with van der Waals surface area (Å²) < 4.78 is 5.85. The summed E-state index contributed by atoms with van der Waals surface area (Å²) in [4.78, 5) is 8.95. The molecular weight excluding hydrogens is 226 g/mol. The first-order valence-electron chi connectivity index (χ1n) is 6.91. The van der Waals surface area contributed by atoms with E-state index in [2.05, 4.69) is 29.1 Å². The number of nitrogens with one attached hydrogen (secondary N) is 1. The van der Waals surface area contributed by atoms with E-state index in [-0.39, 0.29) is 5.60 Å². The zero-order valence-corrected chi connectivity index (χ0v) is 11.4. The average Bonchev–Trinajstić information content (AvgIpc) is 2.41. The van der Waals surface area contributed by atoms with Gasteiger partial charge in [0.05, 0.1) is 0 Å². The van der Waals surface area contributed by atoms with Gasteiger partial charge in [0.25, 0.3) is 0 Å². The molecule has 0 aromatic carbocycles. The van der Waals surface area contributed by atoms with Crippen molar-refractivity contribution >= 4 is 0 Å². The summed E-state index contributed by atoms with van der Waals surface area (Å²) >= 11 is 0. The predicted octanol–water partition coefficient (Wildman–Crippen LogP) is 2.39. The zero-order valence-electron chi connectivity index (χ0n) is 11.4. The van der Waals surface area contributed by atoms with Gasteiger partial charge >= 0.3 is 0 Å². The van der Waals surface area contributed by atoms with Gasteiger partial charge in [-0.25, -0.2) is 9.97 Å². The normalized spacial score (nSPS) is 24.1. The van der Waals surface area contributed by atoms with Gasteiger partial charge in [0.15, 0.2) is 5.82 Å². The van der Waals surface area contributed by atoms with Crippen molar-refractivity contribution < 1.29 is 4.74 Å². The molecule has 1 aliphatic heterocycles. The lowest BCUT2D eigenvalue weighted by Gasteiger charge is -2.32. The molecule has 1 N–H and O–H groups in total. The predicted molar refractivity (Wildman–Crippen MR) is 71.2 cm³/mol. The van der Waals surface area contributed by atoms with E-state index in [0.29, 0.717) is 0 Å². The number of aromatic nitrogens is 2. The second-order valence-corrected chi connectivity index (χ2v) is 5.13. The van der Waals surface area contributed by atoms with Crippen LogP contribution < -0.4 is 5.32 Å². The number of hydrogen-bond acceptors (Lipinski definition) is 4. The molecule has 0 bridgehead atoms. The lowest BCUT2D eigenvalue weighted by Crippen LogP contribution is -2.32. The molecule has 100 valence electrons. The molecule has 1 aliphatic rings. The van der Waals surface area contributed by atoms with Crippen LogP contribution in [0.1, 0.15) is 50.9 Å². The third-order valence-electron chi connectivity index (χ3n) is 3.40. The Morgan fingerprint density at radius 2 is 2.11 bits per heavy atom. The van der Waals surface area contributed by atoms with Crippen LogP contribution in [-0.2, 0) is 16.9 Å². The molecule has 1 saturated heterocycles. The van der Waals surface area contributed by atoms with Crippen LogP contribution in [0.2, 0.25) is 0 Å². The topological polar surface area (TPSA) is 47.0 Å². The quantitative estimate of drug-likeness (QED) is 0.814. The Hall–Kier alpha value is -1.00. The van der Waals surface area contributed by atoms with E-state index in [1.807, 2.05) is 12.4 Å². The maximum absolute atomic E-state index is 5.85. The fraction of sp³-hybridized carbons (Fsp3) is 0.714. The van der Waals surface area contributed by atoms with Gasteiger partial charge in [-0.3, -0.25) is 0 Å². The number of ether oxygens (including phenoxy) is 1. The second kappa shape index (κ2) is 6.25. The molecule has 0 spiro atoms. The van der Waals surface area contributed by atoms with E-state index in [9.17, 15) is 0 Å². The molecule has 4 nitrogen and oxygen atoms in total. The van der Waals surface area contributed by atoms with E-state index < -0.39 is 0 Å². The molecule has 0 radical (unpaired) electrons. The highest BCUT2D eigenvalue weighted by atomic mass is 16.5. The molecule has 1 unspecified atom stereocenters. The first-order valence-corrected chi connectivity index (χ1v) is 6.91. The van der Waals surface area contributed by atoms with Crippen molar-refractivity contribution in [1.82, 2.24) is 15.3 Å². The summed E-state index contributed by atoms with van der Waals surface area (Å²) in [5, 5.41) is 3.35. The van der Waals surface area contributed by atoms with Crippen molar-refractivity contribution in [3.63, 3.8) is 0 Å². The van der Waals surface area contributed by atoms with Crippen molar-refractivity contribution in [3.05, 3.63) is 23.8 Å². The Labute approximate surface area is 109 Å². The van der Waals surface area contributed by atoms with Crippen LogP contribution in [0, 0.1) is 0 Å². The van der Waals surface area contributed by atoms with Gasteiger partial charge in [-0.05, 0) is 39.2 Å². The number of rotatable bonds is 5. The van der Waals surface area contributed by atoms with Crippen LogP contribution in [-0.4, -0.2) is 23.1 Å². The second-order valence-electron chi connectivity index (χ2n) is 5.13. The third kappa shape index (κ3) is 3.27. The van der Waals surface area contributed by atoms with E-state index in [1.165, 1.54) is 6.42 Å². The SMILES string of the molecule is CCCNCc1cnc(C2(C)CCCCO2)nc1. The fourth-order valence-corrected chi connectivity index (χ4v) is 2.24. The van der Waals surface area contributed by atoms with Gasteiger partial charge < -0.3 is 10.1 Å². The Morgan fingerprint density at radius 1 is 1.33 bits per heavy atom. The Kier molecular flexibility index (Phi) is 4.66. The largest absolute Gasteiger partial charge is 0.367 e. The van der Waals surface area contributed by atoms with Crippen molar-refractivity contribution in [3.8, 4) is 0 Å². The highest BCUT2D eigenvalue weighted by molar-refractivity contribution is 5.09. The lowest BCUT2D eigenvalue weighted by molar-refractivity contribution is -0.0760. The minimum absolute atomic E-state index is 0.284. The van der Waals surface area contributed by atoms with E-state index in [1.54, 1.807) is 0 Å². The van der Waals surface area contributed by atoms with Gasteiger partial charge in [-0.2, -0.15) is 0 Å². The van der Waals surface area contributed by atoms with Crippen LogP contribution in [0.15, 0.2) is 12.4 Å². The molecule has 0 saturated carbocycles. The highest BCUT2D eigenvalue weighted by Crippen LogP contribution is 2.32. The van der Waals surface area contributed by atoms with Gasteiger partial charge in [0, 0.05) is 31.1 Å². The lowest BCUT2D eigenvalue weighted by atomic mass is 9.95. The Morgan fingerprint density at radius 3 is 2.72 bits per heavy atom. The molecule has 1 fully saturated rings. The third-order valence-corrected chi connectivity index (χ3v) is 3.40. The first kappa shape index (κ1) is 13.4. The molecule has 1 atom stereocenters. The van der Waals surface area contributed by atoms with E-state index >= 15 is 0 Å². The molecular formula is C14H23N3O. The van der Waals surface area contributed by atoms with E-state index in [4.69, 9.17) is 4.74 Å². The molecule has 0 amide bonds. The monoisotopic (exact) mass is 249 g/mol. The molecule has 0 aliphatic carbocycles. The van der Waals surface area contributed by atoms with Crippen molar-refractivity contribution in [2.24, 2.45) is 0 Å². The zero-order chi connectivity index (χ0) is 12.8. The molecule has 18 heavy (non-hydrogen) atoms. The van der Waals surface area contributed by atoms with Crippen molar-refractivity contribution in [2.75, 3.05) is 13.2 Å². The van der Waals surface area contributed by atoms with Crippen LogP contribution in [0.25, 0.3) is 0 Å². The van der Waals surface area contributed by atoms with Gasteiger partial charge in [0.2, 0.25) is 0 Å². The van der Waals surface area contributed by atoms with Gasteiger partial charge in [0.1, 0.15) is 5.60 Å². The average molecular weight is 249 g/mol. The van der Waals surface area contributed by atoms with Crippen LogP contribution in [0.3, 0.4) is 0 Å². The summed E-state index contributed by atoms with van der Waals surface area (Å²) in [5.74, 6) is 0.821. The van der Waals surface area contributed by atoms with Crippen LogP contribution in [0.5, 0.6) is 0 Å². The molecule has 2 heterocycles. The summed E-state index contributed by atoms with van der Waals surface area (Å²) in [6.07, 6.45) is 8.32. The molecule has 2 rings (SSSR count). The first-order chi connectivity index (χ1) is 8.74. The number of nitrogens with zero attached hydrogens (tertiary/aromatic N) is 2. The maximum atomic E-state index is 5.85. The summed E-state index contributed by atoms with van der Waals surface area (Å²) in [7, 11) is 0. The molecule has 4 heteroatoms. The van der Waals surface area contributed by atoms with Crippen LogP contribution >= 0.6 is 0 Å². The van der Waals surface area contributed by atoms with Crippen LogP contribution in [0.4, 0.5) is 0 Å². The van der Waals surface area contributed by atoms with Gasteiger partial charge in [-0.1, -0.05) is 6.92 Å². The minimum atomic E-state index is -0.284. The number of hydrogen-bond donors (Lipinski definition) is 1. The highest BCUT2D eigenvalue weighted by Gasteiger charge is 2.32. The summed E-state index contributed by atoms with van der Waals surface area (Å²) in [5.41, 5.74) is 0.847. The molecule has 1 aromatic rings. The Bertz CT molecular complexity index is 358.